The molecule has 0 saturated heterocycles. The Bertz CT molecular complexity index is 942. The lowest BCUT2D eigenvalue weighted by Gasteiger charge is -2.33. The summed E-state index contributed by atoms with van der Waals surface area (Å²) in [7, 11) is 3.40. The van der Waals surface area contributed by atoms with Crippen LogP contribution in [0.25, 0.3) is 0 Å². The van der Waals surface area contributed by atoms with Crippen molar-refractivity contribution in [3.05, 3.63) is 47.5 Å². The van der Waals surface area contributed by atoms with Gasteiger partial charge in [-0.2, -0.15) is 8.42 Å². The summed E-state index contributed by atoms with van der Waals surface area (Å²) in [6, 6.07) is 14.0. The third kappa shape index (κ3) is 3.87. The van der Waals surface area contributed by atoms with Crippen molar-refractivity contribution in [3.8, 4) is 0 Å². The van der Waals surface area contributed by atoms with E-state index in [1.165, 1.54) is 0 Å². The van der Waals surface area contributed by atoms with Crippen LogP contribution in [0.5, 0.6) is 0 Å². The first-order valence-corrected chi connectivity index (χ1v) is 10.2. The molecule has 0 spiro atoms. The summed E-state index contributed by atoms with van der Waals surface area (Å²) in [4.78, 5) is 4.92. The van der Waals surface area contributed by atoms with Crippen LogP contribution < -0.4 is 4.90 Å². The fraction of sp³-hybridized carbons (Fsp3) is 0.278. The second-order valence-electron chi connectivity index (χ2n) is 6.72. The standard InChI is InChI=1S/C18H20ClN2O2S2/c1-21(2,3)18(25(22)23)10-11-20-14-6-4-5-7-16(14)24-17-9-8-13(19)12-15(17)20/h4-9,12H,10-11H2,1-3H3/q+1. The summed E-state index contributed by atoms with van der Waals surface area (Å²) in [5.74, 6) is 0. The zero-order valence-corrected chi connectivity index (χ0v) is 16.7. The molecule has 0 N–H and O–H groups in total. The summed E-state index contributed by atoms with van der Waals surface area (Å²) in [5, 5.41) is 0.673. The Kier molecular flexibility index (Phi) is 5.16. The van der Waals surface area contributed by atoms with Crippen LogP contribution >= 0.6 is 23.4 Å². The smallest absolute Gasteiger partial charge is 0.271 e. The first kappa shape index (κ1) is 18.3. The molecule has 2 aromatic rings. The van der Waals surface area contributed by atoms with Gasteiger partial charge in [0.25, 0.3) is 10.3 Å². The minimum atomic E-state index is -2.22. The highest BCUT2D eigenvalue weighted by molar-refractivity contribution is 7.99. The van der Waals surface area contributed by atoms with Crippen molar-refractivity contribution in [2.24, 2.45) is 0 Å². The molecule has 1 heterocycles. The minimum absolute atomic E-state index is 0.294. The van der Waals surface area contributed by atoms with Crippen molar-refractivity contribution in [1.82, 2.24) is 0 Å². The summed E-state index contributed by atoms with van der Waals surface area (Å²) in [6.07, 6.45) is 0.449. The van der Waals surface area contributed by atoms with Crippen molar-refractivity contribution >= 4 is 50.0 Å². The van der Waals surface area contributed by atoms with Gasteiger partial charge in [-0.25, -0.2) is 0 Å². The Balaban J connectivity index is 2.01. The van der Waals surface area contributed by atoms with Crippen molar-refractivity contribution in [2.75, 3.05) is 32.6 Å². The first-order chi connectivity index (χ1) is 11.8. The highest BCUT2D eigenvalue weighted by atomic mass is 35.5. The fourth-order valence-electron chi connectivity index (χ4n) is 2.89. The Hall–Kier alpha value is -1.47. The van der Waals surface area contributed by atoms with Crippen molar-refractivity contribution in [1.29, 1.82) is 0 Å². The lowest BCUT2D eigenvalue weighted by atomic mass is 10.2. The molecule has 7 heteroatoms. The predicted molar refractivity (Wildman–Crippen MR) is 106 cm³/mol. The molecule has 0 bridgehead atoms. The van der Waals surface area contributed by atoms with Crippen LogP contribution in [-0.2, 0) is 10.3 Å². The molecule has 0 fully saturated rings. The van der Waals surface area contributed by atoms with Crippen LogP contribution in [0.15, 0.2) is 52.3 Å². The Morgan fingerprint density at radius 3 is 2.44 bits per heavy atom. The maximum Gasteiger partial charge on any atom is 0.271 e. The molecular formula is C18H20ClN2O2S2+. The number of hydrogen-bond acceptors (Lipinski definition) is 4. The monoisotopic (exact) mass is 395 g/mol. The number of quaternary nitrogens is 1. The van der Waals surface area contributed by atoms with Crippen LogP contribution in [-0.4, -0.2) is 45.6 Å². The van der Waals surface area contributed by atoms with Crippen LogP contribution in [0.4, 0.5) is 11.4 Å². The van der Waals surface area contributed by atoms with E-state index in [2.05, 4.69) is 17.0 Å². The number of anilines is 2. The molecule has 1 aliphatic rings. The molecule has 0 radical (unpaired) electrons. The van der Waals surface area contributed by atoms with E-state index in [-0.39, 0.29) is 0 Å². The van der Waals surface area contributed by atoms with E-state index in [1.54, 1.807) is 11.8 Å². The number of para-hydroxylation sites is 1. The number of nitrogens with zero attached hydrogens (tertiary/aromatic N) is 2. The van der Waals surface area contributed by atoms with E-state index in [1.807, 2.05) is 51.5 Å². The molecule has 2 aromatic carbocycles. The molecule has 3 rings (SSSR count). The number of benzene rings is 2. The number of fused-ring (bicyclic) bond motifs is 2. The molecular weight excluding hydrogens is 376 g/mol. The van der Waals surface area contributed by atoms with Gasteiger partial charge in [-0.15, -0.1) is 0 Å². The average Bonchev–Trinajstić information content (AvgIpc) is 2.53. The molecule has 1 aliphatic heterocycles. The van der Waals surface area contributed by atoms with Gasteiger partial charge >= 0.3 is 0 Å². The molecule has 0 atom stereocenters. The quantitative estimate of drug-likeness (QED) is 0.580. The summed E-state index contributed by atoms with van der Waals surface area (Å²) < 4.78 is 23.6. The maximum absolute atomic E-state index is 11.7. The van der Waals surface area contributed by atoms with Crippen LogP contribution in [0.2, 0.25) is 5.02 Å². The van der Waals surface area contributed by atoms with E-state index in [0.717, 1.165) is 21.2 Å². The molecule has 0 saturated carbocycles. The first-order valence-electron chi connectivity index (χ1n) is 7.88. The SMILES string of the molecule is C[N+](C)(C)C(CCN1c2ccccc2Sc2ccc(Cl)cc21)=S(=O)=O. The van der Waals surface area contributed by atoms with E-state index >= 15 is 0 Å². The lowest BCUT2D eigenvalue weighted by molar-refractivity contribution is -0.775. The molecule has 25 heavy (non-hydrogen) atoms. The number of hydrogen-bond donors (Lipinski definition) is 0. The second kappa shape index (κ2) is 7.03. The van der Waals surface area contributed by atoms with Gasteiger partial charge < -0.3 is 4.90 Å². The zero-order valence-electron chi connectivity index (χ0n) is 14.4. The van der Waals surface area contributed by atoms with E-state index in [0.29, 0.717) is 27.5 Å². The van der Waals surface area contributed by atoms with Gasteiger partial charge in [-0.05, 0) is 30.3 Å². The third-order valence-electron chi connectivity index (χ3n) is 4.08. The van der Waals surface area contributed by atoms with Gasteiger partial charge in [0.2, 0.25) is 4.99 Å². The molecule has 0 aliphatic carbocycles. The second-order valence-corrected chi connectivity index (χ2v) is 9.19. The van der Waals surface area contributed by atoms with Crippen LogP contribution in [0, 0.1) is 0 Å². The lowest BCUT2D eigenvalue weighted by Crippen LogP contribution is -2.43. The van der Waals surface area contributed by atoms with Gasteiger partial charge in [-0.3, -0.25) is 4.48 Å². The summed E-state index contributed by atoms with van der Waals surface area (Å²) in [5.41, 5.74) is 2.10. The zero-order chi connectivity index (χ0) is 18.2. The largest absolute Gasteiger partial charge is 0.339 e. The molecule has 0 unspecified atom stereocenters. The highest BCUT2D eigenvalue weighted by Crippen LogP contribution is 2.48. The van der Waals surface area contributed by atoms with Crippen LogP contribution in [0.1, 0.15) is 6.42 Å². The van der Waals surface area contributed by atoms with Crippen molar-refractivity contribution < 1.29 is 12.9 Å². The van der Waals surface area contributed by atoms with Crippen LogP contribution in [0.3, 0.4) is 0 Å². The average molecular weight is 396 g/mol. The number of halogens is 1. The highest BCUT2D eigenvalue weighted by Gasteiger charge is 2.26. The molecule has 132 valence electrons. The van der Waals surface area contributed by atoms with E-state index < -0.39 is 10.3 Å². The normalized spacial score (nSPS) is 13.2. The topological polar surface area (TPSA) is 37.4 Å². The van der Waals surface area contributed by atoms with Gasteiger partial charge in [-0.1, -0.05) is 35.5 Å². The number of rotatable bonds is 3. The van der Waals surface area contributed by atoms with Crippen molar-refractivity contribution in [3.63, 3.8) is 0 Å². The van der Waals surface area contributed by atoms with Gasteiger partial charge in [0.05, 0.1) is 38.9 Å². The van der Waals surface area contributed by atoms with Gasteiger partial charge in [0.15, 0.2) is 0 Å². The summed E-state index contributed by atoms with van der Waals surface area (Å²) >= 11 is 7.92. The molecule has 4 nitrogen and oxygen atoms in total. The fourth-order valence-corrected chi connectivity index (χ4v) is 4.84. The Morgan fingerprint density at radius 2 is 1.76 bits per heavy atom. The van der Waals surface area contributed by atoms with Gasteiger partial charge in [0.1, 0.15) is 0 Å². The van der Waals surface area contributed by atoms with Gasteiger partial charge in [0, 0.05) is 21.4 Å². The molecule has 0 aromatic heterocycles. The minimum Gasteiger partial charge on any atom is -0.339 e. The van der Waals surface area contributed by atoms with Crippen molar-refractivity contribution in [2.45, 2.75) is 16.2 Å². The Morgan fingerprint density at radius 1 is 1.08 bits per heavy atom. The molecule has 0 amide bonds. The summed E-state index contributed by atoms with van der Waals surface area (Å²) in [6.45, 7) is 0.573. The maximum atomic E-state index is 11.7. The predicted octanol–water partition coefficient (Wildman–Crippen LogP) is 4.05. The van der Waals surface area contributed by atoms with E-state index in [9.17, 15) is 8.42 Å². The third-order valence-corrected chi connectivity index (χ3v) is 6.58. The van der Waals surface area contributed by atoms with E-state index in [4.69, 9.17) is 11.6 Å². The Labute approximate surface area is 159 Å².